The molecule has 1 unspecified atom stereocenters. The smallest absolute Gasteiger partial charge is 0.175 e. The Balaban J connectivity index is 2.91. The van der Waals surface area contributed by atoms with Crippen LogP contribution in [0.2, 0.25) is 5.82 Å². The molecule has 0 rings (SSSR count). The highest BCUT2D eigenvalue weighted by Gasteiger charge is 1.97. The van der Waals surface area contributed by atoms with Crippen molar-refractivity contribution in [1.29, 1.82) is 0 Å². The minimum Gasteiger partial charge on any atom is -0.377 e. The predicted octanol–water partition coefficient (Wildman–Crippen LogP) is -0.709. The van der Waals surface area contributed by atoms with E-state index in [1.807, 2.05) is 0 Å². The molecule has 0 saturated carbocycles. The molecular formula is C5H11BO3. The number of hydrogen-bond donors (Lipinski definition) is 2. The molecule has 0 aliphatic carbocycles. The van der Waals surface area contributed by atoms with Gasteiger partial charge in [0.15, 0.2) is 6.29 Å². The normalized spacial score (nSPS) is 14.2. The molecule has 2 radical (unpaired) electrons. The molecule has 0 aliphatic heterocycles. The van der Waals surface area contributed by atoms with E-state index in [2.05, 4.69) is 0 Å². The third kappa shape index (κ3) is 7.94. The highest BCUT2D eigenvalue weighted by molar-refractivity contribution is 6.11. The van der Waals surface area contributed by atoms with Crippen LogP contribution in [-0.2, 0) is 4.74 Å². The van der Waals surface area contributed by atoms with E-state index in [0.717, 1.165) is 0 Å². The molecule has 0 spiro atoms. The van der Waals surface area contributed by atoms with Gasteiger partial charge in [0.1, 0.15) is 0 Å². The van der Waals surface area contributed by atoms with E-state index in [1.165, 1.54) is 0 Å². The Morgan fingerprint density at radius 1 is 1.44 bits per heavy atom. The monoisotopic (exact) mass is 130 g/mol. The van der Waals surface area contributed by atoms with Crippen molar-refractivity contribution in [2.75, 3.05) is 13.2 Å². The average molecular weight is 130 g/mol. The maximum atomic E-state index is 8.25. The molecule has 0 aliphatic rings. The van der Waals surface area contributed by atoms with Gasteiger partial charge in [-0.25, -0.2) is 0 Å². The zero-order valence-electron chi connectivity index (χ0n) is 5.45. The summed E-state index contributed by atoms with van der Waals surface area (Å²) in [5, 5.41) is 16.5. The molecule has 0 saturated heterocycles. The molecule has 9 heavy (non-hydrogen) atoms. The zero-order valence-corrected chi connectivity index (χ0v) is 5.45. The van der Waals surface area contributed by atoms with Gasteiger partial charge in [0, 0.05) is 6.61 Å². The van der Waals surface area contributed by atoms with Gasteiger partial charge in [-0.3, -0.25) is 0 Å². The van der Waals surface area contributed by atoms with E-state index in [4.69, 9.17) is 22.8 Å². The fourth-order valence-corrected chi connectivity index (χ4v) is 0.359. The third-order valence-electron chi connectivity index (χ3n) is 0.648. The van der Waals surface area contributed by atoms with E-state index >= 15 is 0 Å². The summed E-state index contributed by atoms with van der Waals surface area (Å²) in [7, 11) is 5.29. The van der Waals surface area contributed by atoms with Crippen LogP contribution in [0.15, 0.2) is 0 Å². The van der Waals surface area contributed by atoms with Gasteiger partial charge in [-0.2, -0.15) is 0 Å². The van der Waals surface area contributed by atoms with Crippen molar-refractivity contribution < 1.29 is 14.9 Å². The number of hydrogen-bond acceptors (Lipinski definition) is 3. The Kier molecular flexibility index (Phi) is 4.76. The molecule has 4 heteroatoms. The first-order valence-corrected chi connectivity index (χ1v) is 2.82. The van der Waals surface area contributed by atoms with Gasteiger partial charge in [0.25, 0.3) is 0 Å². The summed E-state index contributed by atoms with van der Waals surface area (Å²) in [6.45, 7) is 2.07. The van der Waals surface area contributed by atoms with Gasteiger partial charge < -0.3 is 14.9 Å². The van der Waals surface area contributed by atoms with Crippen LogP contribution in [-0.4, -0.2) is 37.6 Å². The van der Waals surface area contributed by atoms with Crippen molar-refractivity contribution in [3.05, 3.63) is 0 Å². The fourth-order valence-electron chi connectivity index (χ4n) is 0.359. The summed E-state index contributed by atoms with van der Waals surface area (Å²) < 4.78 is 4.73. The maximum Gasteiger partial charge on any atom is 0.175 e. The van der Waals surface area contributed by atoms with Crippen LogP contribution in [0.25, 0.3) is 0 Å². The van der Waals surface area contributed by atoms with Gasteiger partial charge in [-0.15, -0.1) is 0 Å². The molecule has 0 bridgehead atoms. The molecular weight excluding hydrogens is 119 g/mol. The molecule has 3 nitrogen and oxygen atoms in total. The quantitative estimate of drug-likeness (QED) is 0.390. The molecule has 0 aromatic heterocycles. The summed E-state index contributed by atoms with van der Waals surface area (Å²) in [5.41, 5.74) is 0. The summed E-state index contributed by atoms with van der Waals surface area (Å²) in [6.07, 6.45) is -1.39. The summed E-state index contributed by atoms with van der Waals surface area (Å²) in [6, 6.07) is 0. The number of rotatable bonds is 4. The van der Waals surface area contributed by atoms with Crippen LogP contribution in [0.1, 0.15) is 6.92 Å². The van der Waals surface area contributed by atoms with Gasteiger partial charge >= 0.3 is 0 Å². The van der Waals surface area contributed by atoms with Crippen molar-refractivity contribution in [3.63, 3.8) is 0 Å². The lowest BCUT2D eigenvalue weighted by Crippen LogP contribution is -2.15. The lowest BCUT2D eigenvalue weighted by molar-refractivity contribution is -0.0943. The first-order chi connectivity index (χ1) is 4.13. The molecule has 0 aromatic carbocycles. The Labute approximate surface area is 56.1 Å². The highest BCUT2D eigenvalue weighted by Crippen LogP contribution is 1.94. The molecule has 1 atom stereocenters. The zero-order chi connectivity index (χ0) is 7.28. The average Bonchev–Trinajstić information content (AvgIpc) is 1.63. The van der Waals surface area contributed by atoms with E-state index < -0.39 is 6.29 Å². The second kappa shape index (κ2) is 4.79. The van der Waals surface area contributed by atoms with Gasteiger partial charge in [0.05, 0.1) is 14.5 Å². The Bertz CT molecular complexity index is 57.2. The Morgan fingerprint density at radius 2 is 2.00 bits per heavy atom. The second-order valence-corrected chi connectivity index (χ2v) is 2.00. The first kappa shape index (κ1) is 8.94. The summed E-state index contributed by atoms with van der Waals surface area (Å²) in [5.74, 6) is -0.0521. The Hall–Kier alpha value is -0.0551. The highest BCUT2D eigenvalue weighted by atomic mass is 16.5. The minimum absolute atomic E-state index is 0.0521. The van der Waals surface area contributed by atoms with Crippen molar-refractivity contribution in [2.24, 2.45) is 0 Å². The summed E-state index contributed by atoms with van der Waals surface area (Å²) in [4.78, 5) is 0. The molecule has 0 fully saturated rings. The Morgan fingerprint density at radius 3 is 2.33 bits per heavy atom. The van der Waals surface area contributed by atoms with Crippen LogP contribution >= 0.6 is 0 Å². The predicted molar refractivity (Wildman–Crippen MR) is 34.2 cm³/mol. The maximum absolute atomic E-state index is 8.25. The number of ether oxygens (including phenoxy) is 1. The van der Waals surface area contributed by atoms with Crippen molar-refractivity contribution >= 4 is 7.85 Å². The molecule has 0 aromatic rings. The van der Waals surface area contributed by atoms with E-state index in [0.29, 0.717) is 6.61 Å². The second-order valence-electron chi connectivity index (χ2n) is 2.00. The molecule has 0 heterocycles. The lowest BCUT2D eigenvalue weighted by Gasteiger charge is -2.06. The minimum atomic E-state index is -1.39. The largest absolute Gasteiger partial charge is 0.377 e. The van der Waals surface area contributed by atoms with Crippen LogP contribution in [0.4, 0.5) is 0 Å². The van der Waals surface area contributed by atoms with Crippen molar-refractivity contribution in [1.82, 2.24) is 0 Å². The fraction of sp³-hybridized carbons (Fsp3) is 1.00. The topological polar surface area (TPSA) is 49.7 Å². The van der Waals surface area contributed by atoms with Crippen LogP contribution in [0.3, 0.4) is 0 Å². The first-order valence-electron chi connectivity index (χ1n) is 2.82. The summed E-state index contributed by atoms with van der Waals surface area (Å²) >= 11 is 0. The van der Waals surface area contributed by atoms with E-state index in [-0.39, 0.29) is 12.4 Å². The number of aliphatic hydroxyl groups excluding tert-OH is 1. The van der Waals surface area contributed by atoms with Crippen molar-refractivity contribution in [3.8, 4) is 0 Å². The molecule has 52 valence electrons. The van der Waals surface area contributed by atoms with Gasteiger partial charge in [-0.05, 0) is 0 Å². The van der Waals surface area contributed by atoms with Crippen molar-refractivity contribution in [2.45, 2.75) is 19.0 Å². The van der Waals surface area contributed by atoms with Crippen LogP contribution in [0, 0.1) is 0 Å². The lowest BCUT2D eigenvalue weighted by atomic mass is 9.91. The third-order valence-corrected chi connectivity index (χ3v) is 0.648. The standard InChI is InChI=1S/C5H11BO3/c1-4(6)2-9-3-5(7)8/h4-5,7-8H,2-3H2,1H3. The molecule has 2 N–H and O–H groups in total. The van der Waals surface area contributed by atoms with Crippen LogP contribution in [0.5, 0.6) is 0 Å². The number of aliphatic hydroxyl groups is 2. The molecule has 0 amide bonds. The van der Waals surface area contributed by atoms with Gasteiger partial charge in [0.2, 0.25) is 0 Å². The van der Waals surface area contributed by atoms with Gasteiger partial charge in [-0.1, -0.05) is 12.7 Å². The van der Waals surface area contributed by atoms with E-state index in [1.54, 1.807) is 6.92 Å². The van der Waals surface area contributed by atoms with Crippen LogP contribution < -0.4 is 0 Å². The van der Waals surface area contributed by atoms with E-state index in [9.17, 15) is 0 Å². The SMILES string of the molecule is [B]C(C)COCC(O)O.